The molecule has 2 atom stereocenters. The fraction of sp³-hybridized carbons (Fsp3) is 1.00. The average molecular weight is 275 g/mol. The molecule has 18 heavy (non-hydrogen) atoms. The number of nitrogens with zero attached hydrogens (tertiary/aromatic N) is 3. The molecule has 0 saturated heterocycles. The van der Waals surface area contributed by atoms with Crippen LogP contribution in [0.5, 0.6) is 0 Å². The summed E-state index contributed by atoms with van der Waals surface area (Å²) in [6, 6.07) is 0. The molecular weight excluding hydrogens is 241 g/mol. The van der Waals surface area contributed by atoms with Crippen molar-refractivity contribution in [2.24, 2.45) is 4.74 Å². The Morgan fingerprint density at radius 2 is 1.22 bits per heavy atom. The Morgan fingerprint density at radius 3 is 1.44 bits per heavy atom. The van der Waals surface area contributed by atoms with Crippen molar-refractivity contribution in [2.45, 2.75) is 38.0 Å². The second-order valence-corrected chi connectivity index (χ2v) is 10.5. The highest BCUT2D eigenvalue weighted by atomic mass is 31.2. The topological polar surface area (TPSA) is 18.8 Å². The Kier molecular flexibility index (Phi) is 8.42. The Balaban J connectivity index is 4.58. The summed E-state index contributed by atoms with van der Waals surface area (Å²) in [5, 5.41) is 0. The molecule has 0 aliphatic carbocycles. The molecule has 0 rings (SSSR count). The van der Waals surface area contributed by atoms with Crippen molar-refractivity contribution in [1.82, 2.24) is 9.80 Å². The maximum Gasteiger partial charge on any atom is 0.0262 e. The monoisotopic (exact) mass is 275 g/mol. The Bertz CT molecular complexity index is 252. The molecule has 0 fully saturated rings. The van der Waals surface area contributed by atoms with Crippen LogP contribution in [-0.4, -0.2) is 76.1 Å². The standard InChI is InChI=1S/C14H34N3P/c1-13(9-11-16(4)5)18(8,15-3)14(2)10-12-17(6)7/h13-14H,9-12H2,1-8H3. The molecule has 2 unspecified atom stereocenters. The summed E-state index contributed by atoms with van der Waals surface area (Å²) in [6.45, 7) is 9.58. The molecule has 3 nitrogen and oxygen atoms in total. The lowest BCUT2D eigenvalue weighted by Gasteiger charge is -2.34. The van der Waals surface area contributed by atoms with Crippen LogP contribution in [0.2, 0.25) is 0 Å². The van der Waals surface area contributed by atoms with Crippen molar-refractivity contribution < 1.29 is 0 Å². The SMILES string of the molecule is CN=P(C)(C(C)CCN(C)C)C(C)CCN(C)C. The third-order valence-electron chi connectivity index (χ3n) is 4.20. The van der Waals surface area contributed by atoms with Crippen LogP contribution in [0.3, 0.4) is 0 Å². The zero-order chi connectivity index (χ0) is 14.3. The molecule has 0 aliphatic heterocycles. The van der Waals surface area contributed by atoms with E-state index in [-0.39, 0.29) is 0 Å². The Hall–Kier alpha value is 0.150. The van der Waals surface area contributed by atoms with Gasteiger partial charge in [-0.1, -0.05) is 13.8 Å². The molecule has 0 amide bonds. The second-order valence-electron chi connectivity index (χ2n) is 6.18. The number of hydrogen-bond acceptors (Lipinski definition) is 3. The van der Waals surface area contributed by atoms with Crippen molar-refractivity contribution in [1.29, 1.82) is 0 Å². The molecule has 0 N–H and O–H groups in total. The van der Waals surface area contributed by atoms with E-state index in [0.717, 1.165) is 11.3 Å². The van der Waals surface area contributed by atoms with Gasteiger partial charge in [0.1, 0.15) is 0 Å². The highest BCUT2D eigenvalue weighted by Gasteiger charge is 2.27. The van der Waals surface area contributed by atoms with Crippen LogP contribution in [0.15, 0.2) is 4.74 Å². The van der Waals surface area contributed by atoms with Gasteiger partial charge in [0.25, 0.3) is 0 Å². The lowest BCUT2D eigenvalue weighted by Crippen LogP contribution is -2.23. The first-order valence-corrected chi connectivity index (χ1v) is 9.33. The van der Waals surface area contributed by atoms with Gasteiger partial charge in [0.15, 0.2) is 0 Å². The van der Waals surface area contributed by atoms with Crippen LogP contribution < -0.4 is 0 Å². The van der Waals surface area contributed by atoms with Gasteiger partial charge in [-0.05, 0) is 79.2 Å². The van der Waals surface area contributed by atoms with Gasteiger partial charge in [0.05, 0.1) is 0 Å². The van der Waals surface area contributed by atoms with E-state index in [1.807, 2.05) is 7.05 Å². The molecule has 0 aromatic rings. The maximum absolute atomic E-state index is 4.85. The van der Waals surface area contributed by atoms with Crippen LogP contribution in [0.1, 0.15) is 26.7 Å². The molecule has 0 spiro atoms. The third-order valence-corrected chi connectivity index (χ3v) is 9.15. The summed E-state index contributed by atoms with van der Waals surface area (Å²) in [5.74, 6) is 0. The molecule has 0 aliphatic rings. The molecule has 0 radical (unpaired) electrons. The maximum atomic E-state index is 4.85. The molecule has 0 bridgehead atoms. The molecule has 0 saturated carbocycles. The molecular formula is C14H34N3P. The minimum absolute atomic E-state index is 0.738. The normalized spacial score (nSPS) is 18.8. The summed E-state index contributed by atoms with van der Waals surface area (Å²) in [7, 11) is 9.48. The van der Waals surface area contributed by atoms with Crippen molar-refractivity contribution >= 4 is 7.05 Å². The first-order chi connectivity index (χ1) is 8.24. The first kappa shape index (κ1) is 18.1. The fourth-order valence-electron chi connectivity index (χ4n) is 2.24. The predicted molar refractivity (Wildman–Crippen MR) is 86.5 cm³/mol. The van der Waals surface area contributed by atoms with E-state index in [9.17, 15) is 0 Å². The van der Waals surface area contributed by atoms with Crippen molar-refractivity contribution in [3.63, 3.8) is 0 Å². The third kappa shape index (κ3) is 5.86. The van der Waals surface area contributed by atoms with E-state index in [1.165, 1.54) is 25.9 Å². The number of rotatable bonds is 8. The van der Waals surface area contributed by atoms with Gasteiger partial charge >= 0.3 is 0 Å². The average Bonchev–Trinajstić information content (AvgIpc) is 2.31. The summed E-state index contributed by atoms with van der Waals surface area (Å²) < 4.78 is 4.85. The lowest BCUT2D eigenvalue weighted by atomic mass is 10.3. The second kappa shape index (κ2) is 8.35. The highest BCUT2D eigenvalue weighted by molar-refractivity contribution is 7.66. The molecule has 4 heteroatoms. The van der Waals surface area contributed by atoms with Gasteiger partial charge < -0.3 is 14.5 Å². The highest BCUT2D eigenvalue weighted by Crippen LogP contribution is 2.56. The van der Waals surface area contributed by atoms with Crippen molar-refractivity contribution in [2.75, 3.05) is 55.0 Å². The van der Waals surface area contributed by atoms with Crippen LogP contribution in [0, 0.1) is 0 Å². The lowest BCUT2D eigenvalue weighted by molar-refractivity contribution is 0.394. The molecule has 110 valence electrons. The minimum Gasteiger partial charge on any atom is -0.309 e. The van der Waals surface area contributed by atoms with Crippen LogP contribution in [0.25, 0.3) is 0 Å². The first-order valence-electron chi connectivity index (χ1n) is 7.00. The largest absolute Gasteiger partial charge is 0.309 e. The van der Waals surface area contributed by atoms with Crippen LogP contribution in [-0.2, 0) is 0 Å². The summed E-state index contributed by atoms with van der Waals surface area (Å²) in [5.41, 5.74) is 1.48. The molecule has 0 aromatic carbocycles. The summed E-state index contributed by atoms with van der Waals surface area (Å²) >= 11 is 0. The predicted octanol–water partition coefficient (Wildman–Crippen LogP) is 3.13. The quantitative estimate of drug-likeness (QED) is 0.634. The van der Waals surface area contributed by atoms with Gasteiger partial charge in [0, 0.05) is 7.05 Å². The van der Waals surface area contributed by atoms with E-state index in [0.29, 0.717) is 0 Å². The van der Waals surface area contributed by atoms with Gasteiger partial charge in [-0.15, -0.1) is 0 Å². The Labute approximate surface area is 115 Å². The van der Waals surface area contributed by atoms with Crippen LogP contribution >= 0.6 is 7.05 Å². The van der Waals surface area contributed by atoms with E-state index >= 15 is 0 Å². The zero-order valence-corrected chi connectivity index (χ0v) is 14.7. The fourth-order valence-corrected chi connectivity index (χ4v) is 5.18. The van der Waals surface area contributed by atoms with Gasteiger partial charge in [-0.2, -0.15) is 0 Å². The van der Waals surface area contributed by atoms with Gasteiger partial charge in [-0.25, -0.2) is 0 Å². The Morgan fingerprint density at radius 1 is 0.889 bits per heavy atom. The van der Waals surface area contributed by atoms with Crippen molar-refractivity contribution in [3.8, 4) is 0 Å². The molecule has 0 heterocycles. The van der Waals surface area contributed by atoms with E-state index in [4.69, 9.17) is 4.74 Å². The van der Waals surface area contributed by atoms with E-state index in [2.05, 4.69) is 58.5 Å². The van der Waals surface area contributed by atoms with Gasteiger partial charge in [0.2, 0.25) is 0 Å². The van der Waals surface area contributed by atoms with E-state index in [1.54, 1.807) is 0 Å². The summed E-state index contributed by atoms with van der Waals surface area (Å²) in [4.78, 5) is 4.56. The van der Waals surface area contributed by atoms with Crippen LogP contribution in [0.4, 0.5) is 0 Å². The number of hydrogen-bond donors (Lipinski definition) is 0. The zero-order valence-electron chi connectivity index (χ0n) is 13.8. The van der Waals surface area contributed by atoms with Crippen molar-refractivity contribution in [3.05, 3.63) is 0 Å². The molecule has 0 aromatic heterocycles. The van der Waals surface area contributed by atoms with E-state index < -0.39 is 7.05 Å². The minimum atomic E-state index is -1.17. The smallest absolute Gasteiger partial charge is 0.0262 e. The van der Waals surface area contributed by atoms with Gasteiger partial charge in [-0.3, -0.25) is 0 Å². The summed E-state index contributed by atoms with van der Waals surface area (Å²) in [6.07, 6.45) is 2.53.